The van der Waals surface area contributed by atoms with E-state index >= 15 is 0 Å². The van der Waals surface area contributed by atoms with Gasteiger partial charge in [0.25, 0.3) is 10.1 Å². The maximum atomic E-state index is 10.2. The molecule has 0 spiro atoms. The van der Waals surface area contributed by atoms with Gasteiger partial charge in [0, 0.05) is 5.57 Å². The van der Waals surface area contributed by atoms with Crippen LogP contribution in [0.25, 0.3) is 0 Å². The average molecular weight is 176 g/mol. The molecule has 0 amide bonds. The molecule has 0 aromatic heterocycles. The van der Waals surface area contributed by atoms with Gasteiger partial charge in [0.15, 0.2) is 0 Å². The molecule has 0 aromatic rings. The molecule has 0 bridgehead atoms. The molecule has 4 nitrogen and oxygen atoms in total. The fourth-order valence-corrected chi connectivity index (χ4v) is 1.02. The largest absolute Gasteiger partial charge is 0.298 e. The van der Waals surface area contributed by atoms with Crippen molar-refractivity contribution in [2.45, 2.75) is 6.42 Å². The first-order chi connectivity index (χ1) is 4.99. The van der Waals surface area contributed by atoms with Crippen molar-refractivity contribution < 1.29 is 17.8 Å². The van der Waals surface area contributed by atoms with E-state index in [9.17, 15) is 13.2 Å². The minimum atomic E-state index is -4.20. The Morgan fingerprint density at radius 3 is 2.36 bits per heavy atom. The highest BCUT2D eigenvalue weighted by molar-refractivity contribution is 7.88. The number of hydrogen-bond donors (Lipinski definition) is 1. The number of hydrogen-bond acceptors (Lipinski definition) is 3. The van der Waals surface area contributed by atoms with Gasteiger partial charge in [-0.3, -0.25) is 9.35 Å². The summed E-state index contributed by atoms with van der Waals surface area (Å²) in [7, 11) is -4.20. The van der Waals surface area contributed by atoms with Crippen LogP contribution >= 0.6 is 0 Å². The minimum Gasteiger partial charge on any atom is -0.298 e. The van der Waals surface area contributed by atoms with Gasteiger partial charge in [-0.1, -0.05) is 6.08 Å². The van der Waals surface area contributed by atoms with E-state index in [4.69, 9.17) is 4.55 Å². The molecule has 0 unspecified atom stereocenters. The Bertz CT molecular complexity index is 273. The predicted molar refractivity (Wildman–Crippen MR) is 40.5 cm³/mol. The fraction of sp³-hybridized carbons (Fsp3) is 0.167. The normalized spacial score (nSPS) is 12.6. The third-order valence-corrected chi connectivity index (χ3v) is 1.43. The summed E-state index contributed by atoms with van der Waals surface area (Å²) in [6.45, 7) is 3.30. The number of carbonyl (C=O) groups is 1. The van der Waals surface area contributed by atoms with Crippen LogP contribution in [0.4, 0.5) is 0 Å². The molecule has 0 aliphatic rings. The van der Waals surface area contributed by atoms with Gasteiger partial charge in [-0.25, -0.2) is 0 Å². The first-order valence-electron chi connectivity index (χ1n) is 2.73. The summed E-state index contributed by atoms with van der Waals surface area (Å²) in [6.07, 6.45) is 1.85. The number of aldehydes is 1. The Labute approximate surface area is 65.0 Å². The molecule has 62 valence electrons. The molecule has 0 aromatic carbocycles. The molecule has 5 heteroatoms. The second-order valence-corrected chi connectivity index (χ2v) is 3.08. The van der Waals surface area contributed by atoms with Crippen molar-refractivity contribution in [1.82, 2.24) is 0 Å². The molecule has 0 atom stereocenters. The van der Waals surface area contributed by atoms with Crippen LogP contribution in [-0.2, 0) is 14.9 Å². The molecule has 11 heavy (non-hydrogen) atoms. The Morgan fingerprint density at radius 2 is 2.09 bits per heavy atom. The monoisotopic (exact) mass is 176 g/mol. The van der Waals surface area contributed by atoms with Gasteiger partial charge in [-0.15, -0.1) is 6.58 Å². The highest BCUT2D eigenvalue weighted by Gasteiger charge is 2.01. The van der Waals surface area contributed by atoms with Crippen LogP contribution in [0, 0.1) is 0 Å². The van der Waals surface area contributed by atoms with Crippen LogP contribution in [-0.4, -0.2) is 19.3 Å². The Kier molecular flexibility index (Phi) is 3.70. The molecule has 0 fully saturated rings. The summed E-state index contributed by atoms with van der Waals surface area (Å²) in [5, 5.41) is 0.502. The van der Waals surface area contributed by atoms with Crippen LogP contribution in [0.2, 0.25) is 0 Å². The van der Waals surface area contributed by atoms with Crippen LogP contribution in [0.15, 0.2) is 23.6 Å². The van der Waals surface area contributed by atoms with Crippen molar-refractivity contribution >= 4 is 16.4 Å². The minimum absolute atomic E-state index is 0.0255. The summed E-state index contributed by atoms with van der Waals surface area (Å²) in [5.41, 5.74) is -0.0255. The molecule has 0 radical (unpaired) electrons. The second kappa shape index (κ2) is 4.05. The summed E-state index contributed by atoms with van der Waals surface area (Å²) in [4.78, 5) is 10.1. The van der Waals surface area contributed by atoms with Crippen molar-refractivity contribution in [3.8, 4) is 0 Å². The average Bonchev–Trinajstić information content (AvgIpc) is 1.84. The Morgan fingerprint density at radius 1 is 1.55 bits per heavy atom. The highest BCUT2D eigenvalue weighted by atomic mass is 32.2. The van der Waals surface area contributed by atoms with E-state index in [2.05, 4.69) is 6.58 Å². The zero-order valence-corrected chi connectivity index (χ0v) is 6.54. The van der Waals surface area contributed by atoms with Crippen molar-refractivity contribution in [1.29, 1.82) is 0 Å². The third-order valence-electron chi connectivity index (χ3n) is 0.832. The molecule has 0 heterocycles. The van der Waals surface area contributed by atoms with E-state index in [1.165, 1.54) is 6.08 Å². The fourth-order valence-electron chi connectivity index (χ4n) is 0.482. The highest BCUT2D eigenvalue weighted by Crippen LogP contribution is 2.00. The molecule has 1 N–H and O–H groups in total. The molecule has 0 aliphatic carbocycles. The SMILES string of the molecule is C=CC/C(C=O)=C\S(=O)(=O)O. The van der Waals surface area contributed by atoms with E-state index < -0.39 is 10.1 Å². The standard InChI is InChI=1S/C6H8O4S/c1-2-3-6(4-7)5-11(8,9)10/h2,4-5H,1,3H2,(H,8,9,10)/b6-5+. The zero-order chi connectivity index (χ0) is 8.91. The lowest BCUT2D eigenvalue weighted by Crippen LogP contribution is -1.94. The van der Waals surface area contributed by atoms with Gasteiger partial charge in [-0.05, 0) is 6.42 Å². The molecule has 0 rings (SSSR count). The van der Waals surface area contributed by atoms with E-state index in [0.29, 0.717) is 11.7 Å². The number of allylic oxidation sites excluding steroid dienone is 2. The van der Waals surface area contributed by atoms with Crippen molar-refractivity contribution in [3.05, 3.63) is 23.6 Å². The van der Waals surface area contributed by atoms with Crippen LogP contribution in [0.3, 0.4) is 0 Å². The number of rotatable bonds is 4. The molecule has 0 saturated carbocycles. The van der Waals surface area contributed by atoms with E-state index in [1.807, 2.05) is 0 Å². The van der Waals surface area contributed by atoms with Crippen molar-refractivity contribution in [3.63, 3.8) is 0 Å². The lowest BCUT2D eigenvalue weighted by molar-refractivity contribution is -0.105. The van der Waals surface area contributed by atoms with Gasteiger partial charge in [0.1, 0.15) is 6.29 Å². The summed E-state index contributed by atoms with van der Waals surface area (Å²) >= 11 is 0. The van der Waals surface area contributed by atoms with Gasteiger partial charge >= 0.3 is 0 Å². The third kappa shape index (κ3) is 5.50. The smallest absolute Gasteiger partial charge is 0.287 e. The molecular weight excluding hydrogens is 168 g/mol. The second-order valence-electron chi connectivity index (χ2n) is 1.82. The van der Waals surface area contributed by atoms with Gasteiger partial charge in [0.05, 0.1) is 5.41 Å². The first-order valence-corrected chi connectivity index (χ1v) is 4.24. The van der Waals surface area contributed by atoms with E-state index in [1.54, 1.807) is 0 Å². The van der Waals surface area contributed by atoms with Crippen molar-refractivity contribution in [2.24, 2.45) is 0 Å². The lowest BCUT2D eigenvalue weighted by Gasteiger charge is -1.90. The first kappa shape index (κ1) is 10.1. The predicted octanol–water partition coefficient (Wildman–Crippen LogP) is 0.533. The van der Waals surface area contributed by atoms with Gasteiger partial charge in [0.2, 0.25) is 0 Å². The van der Waals surface area contributed by atoms with Crippen molar-refractivity contribution in [2.75, 3.05) is 0 Å². The quantitative estimate of drug-likeness (QED) is 0.293. The topological polar surface area (TPSA) is 71.4 Å². The molecule has 0 aliphatic heterocycles. The summed E-state index contributed by atoms with van der Waals surface area (Å²) < 4.78 is 28.6. The molecular formula is C6H8O4S. The van der Waals surface area contributed by atoms with Crippen LogP contribution < -0.4 is 0 Å². The van der Waals surface area contributed by atoms with Crippen LogP contribution in [0.5, 0.6) is 0 Å². The lowest BCUT2D eigenvalue weighted by atomic mass is 10.2. The Balaban J connectivity index is 4.62. The van der Waals surface area contributed by atoms with Gasteiger partial charge < -0.3 is 0 Å². The maximum Gasteiger partial charge on any atom is 0.287 e. The Hall–Kier alpha value is -0.940. The van der Waals surface area contributed by atoms with Crippen LogP contribution in [0.1, 0.15) is 6.42 Å². The summed E-state index contributed by atoms with van der Waals surface area (Å²) in [5.74, 6) is 0. The zero-order valence-electron chi connectivity index (χ0n) is 5.73. The molecule has 0 saturated heterocycles. The van der Waals surface area contributed by atoms with E-state index in [-0.39, 0.29) is 12.0 Å². The maximum absolute atomic E-state index is 10.2. The number of carbonyl (C=O) groups excluding carboxylic acids is 1. The van der Waals surface area contributed by atoms with E-state index in [0.717, 1.165) is 0 Å². The van der Waals surface area contributed by atoms with Gasteiger partial charge in [-0.2, -0.15) is 8.42 Å². The summed E-state index contributed by atoms with van der Waals surface area (Å²) in [6, 6.07) is 0.